The van der Waals surface area contributed by atoms with Crippen molar-refractivity contribution in [2.45, 2.75) is 26.4 Å². The molecule has 0 saturated carbocycles. The van der Waals surface area contributed by atoms with E-state index in [2.05, 4.69) is 5.32 Å². The van der Waals surface area contributed by atoms with Gasteiger partial charge in [0.25, 0.3) is 0 Å². The summed E-state index contributed by atoms with van der Waals surface area (Å²) in [5.74, 6) is -1.88. The van der Waals surface area contributed by atoms with Crippen LogP contribution >= 0.6 is 11.3 Å². The molecular formula is C11H15NO4S. The molecule has 94 valence electrons. The van der Waals surface area contributed by atoms with Gasteiger partial charge in [-0.15, -0.1) is 11.3 Å². The van der Waals surface area contributed by atoms with Crippen LogP contribution in [0.15, 0.2) is 11.4 Å². The predicted octanol–water partition coefficient (Wildman–Crippen LogP) is 1.65. The second-order valence-corrected chi connectivity index (χ2v) is 5.04. The number of carboxylic acids is 2. The summed E-state index contributed by atoms with van der Waals surface area (Å²) in [6.45, 7) is 4.01. The quantitative estimate of drug-likeness (QED) is 0.721. The first-order valence-corrected chi connectivity index (χ1v) is 6.06. The Morgan fingerprint density at radius 2 is 2.06 bits per heavy atom. The van der Waals surface area contributed by atoms with Crippen LogP contribution in [0.4, 0.5) is 0 Å². The highest BCUT2D eigenvalue weighted by atomic mass is 32.1. The van der Waals surface area contributed by atoms with E-state index in [1.54, 1.807) is 11.4 Å². The van der Waals surface area contributed by atoms with Crippen LogP contribution in [0.1, 0.15) is 29.1 Å². The first-order chi connectivity index (χ1) is 7.91. The van der Waals surface area contributed by atoms with Crippen LogP contribution in [-0.2, 0) is 11.3 Å². The minimum Gasteiger partial charge on any atom is -0.480 e. The summed E-state index contributed by atoms with van der Waals surface area (Å²) in [5.41, 5.74) is 0.239. The van der Waals surface area contributed by atoms with E-state index >= 15 is 0 Å². The van der Waals surface area contributed by atoms with Crippen LogP contribution < -0.4 is 5.32 Å². The van der Waals surface area contributed by atoms with Crippen molar-refractivity contribution in [3.05, 3.63) is 21.9 Å². The van der Waals surface area contributed by atoms with Gasteiger partial charge in [0.05, 0.1) is 5.56 Å². The summed E-state index contributed by atoms with van der Waals surface area (Å²) in [6.07, 6.45) is 0. The zero-order chi connectivity index (χ0) is 13.0. The molecule has 0 radical (unpaired) electrons. The molecule has 0 aliphatic carbocycles. The molecule has 0 aliphatic heterocycles. The van der Waals surface area contributed by atoms with E-state index in [4.69, 9.17) is 10.2 Å². The van der Waals surface area contributed by atoms with Crippen molar-refractivity contribution in [3.8, 4) is 0 Å². The van der Waals surface area contributed by atoms with Crippen molar-refractivity contribution in [2.24, 2.45) is 5.92 Å². The number of nitrogens with one attached hydrogen (secondary N) is 1. The Kier molecular flexibility index (Phi) is 4.65. The van der Waals surface area contributed by atoms with E-state index in [0.717, 1.165) is 4.88 Å². The molecule has 0 amide bonds. The summed E-state index contributed by atoms with van der Waals surface area (Å²) >= 11 is 1.31. The molecule has 1 unspecified atom stereocenters. The number of hydrogen-bond acceptors (Lipinski definition) is 4. The molecule has 0 fully saturated rings. The molecule has 1 atom stereocenters. The molecule has 1 aromatic rings. The molecule has 17 heavy (non-hydrogen) atoms. The van der Waals surface area contributed by atoms with Crippen LogP contribution in [0.5, 0.6) is 0 Å². The van der Waals surface area contributed by atoms with Crippen molar-refractivity contribution >= 4 is 23.3 Å². The summed E-state index contributed by atoms with van der Waals surface area (Å²) in [7, 11) is 0. The van der Waals surface area contributed by atoms with Crippen molar-refractivity contribution in [3.63, 3.8) is 0 Å². The maximum absolute atomic E-state index is 10.9. The van der Waals surface area contributed by atoms with Crippen LogP contribution in [0.2, 0.25) is 0 Å². The Labute approximate surface area is 103 Å². The first-order valence-electron chi connectivity index (χ1n) is 5.18. The lowest BCUT2D eigenvalue weighted by Crippen LogP contribution is -2.40. The van der Waals surface area contributed by atoms with E-state index in [9.17, 15) is 9.59 Å². The van der Waals surface area contributed by atoms with Crippen LogP contribution in [0.25, 0.3) is 0 Å². The zero-order valence-corrected chi connectivity index (χ0v) is 10.5. The molecule has 0 spiro atoms. The molecule has 0 aromatic carbocycles. The SMILES string of the molecule is CC(C)C(NCc1cc(C(=O)O)cs1)C(=O)O. The standard InChI is InChI=1S/C11H15NO4S/c1-6(2)9(11(15)16)12-4-8-3-7(5-17-8)10(13)14/h3,5-6,9,12H,4H2,1-2H3,(H,13,14)(H,15,16). The van der Waals surface area contributed by atoms with E-state index < -0.39 is 18.0 Å². The van der Waals surface area contributed by atoms with Gasteiger partial charge in [-0.3, -0.25) is 10.1 Å². The van der Waals surface area contributed by atoms with Gasteiger partial charge in [0.1, 0.15) is 6.04 Å². The fraction of sp³-hybridized carbons (Fsp3) is 0.455. The second-order valence-electron chi connectivity index (χ2n) is 4.05. The molecule has 1 aromatic heterocycles. The Bertz CT molecular complexity index is 413. The molecule has 1 rings (SSSR count). The molecule has 1 heterocycles. The van der Waals surface area contributed by atoms with Crippen molar-refractivity contribution in [1.29, 1.82) is 0 Å². The smallest absolute Gasteiger partial charge is 0.336 e. The monoisotopic (exact) mass is 257 g/mol. The van der Waals surface area contributed by atoms with Gasteiger partial charge in [-0.25, -0.2) is 4.79 Å². The van der Waals surface area contributed by atoms with Gasteiger partial charge in [-0.1, -0.05) is 13.8 Å². The van der Waals surface area contributed by atoms with Gasteiger partial charge < -0.3 is 10.2 Å². The Hall–Kier alpha value is -1.40. The number of aromatic carboxylic acids is 1. The number of aliphatic carboxylic acids is 1. The van der Waals surface area contributed by atoms with E-state index in [1.165, 1.54) is 11.3 Å². The number of thiophene rings is 1. The lowest BCUT2D eigenvalue weighted by Gasteiger charge is -2.17. The average molecular weight is 257 g/mol. The molecule has 5 nitrogen and oxygen atoms in total. The normalized spacial score (nSPS) is 12.6. The first kappa shape index (κ1) is 13.7. The van der Waals surface area contributed by atoms with Gasteiger partial charge in [0.2, 0.25) is 0 Å². The minimum absolute atomic E-state index is 0.0218. The Morgan fingerprint density at radius 1 is 1.41 bits per heavy atom. The predicted molar refractivity (Wildman–Crippen MR) is 64.4 cm³/mol. The summed E-state index contributed by atoms with van der Waals surface area (Å²) in [4.78, 5) is 22.4. The molecule has 0 aliphatic rings. The number of carbonyl (C=O) groups is 2. The fourth-order valence-electron chi connectivity index (χ4n) is 1.40. The second kappa shape index (κ2) is 5.79. The fourth-order valence-corrected chi connectivity index (χ4v) is 2.21. The van der Waals surface area contributed by atoms with Crippen LogP contribution in [0.3, 0.4) is 0 Å². The summed E-state index contributed by atoms with van der Waals surface area (Å²) in [6, 6.07) is 0.935. The number of rotatable bonds is 6. The minimum atomic E-state index is -0.967. The van der Waals surface area contributed by atoms with Crippen LogP contribution in [-0.4, -0.2) is 28.2 Å². The highest BCUT2D eigenvalue weighted by Crippen LogP contribution is 2.15. The van der Waals surface area contributed by atoms with Gasteiger partial charge in [-0.05, 0) is 12.0 Å². The largest absolute Gasteiger partial charge is 0.480 e. The highest BCUT2D eigenvalue weighted by molar-refractivity contribution is 7.10. The maximum Gasteiger partial charge on any atom is 0.336 e. The molecule has 0 bridgehead atoms. The number of hydrogen-bond donors (Lipinski definition) is 3. The topological polar surface area (TPSA) is 86.6 Å². The molecular weight excluding hydrogens is 242 g/mol. The van der Waals surface area contributed by atoms with Gasteiger partial charge in [-0.2, -0.15) is 0 Å². The van der Waals surface area contributed by atoms with Crippen molar-refractivity contribution < 1.29 is 19.8 Å². The lowest BCUT2D eigenvalue weighted by atomic mass is 10.1. The van der Waals surface area contributed by atoms with E-state index in [0.29, 0.717) is 6.54 Å². The zero-order valence-electron chi connectivity index (χ0n) is 9.64. The Balaban J connectivity index is 2.59. The third kappa shape index (κ3) is 3.83. The Morgan fingerprint density at radius 3 is 2.47 bits per heavy atom. The van der Waals surface area contributed by atoms with E-state index in [1.807, 2.05) is 13.8 Å². The maximum atomic E-state index is 10.9. The summed E-state index contributed by atoms with van der Waals surface area (Å²) in [5, 5.41) is 22.2. The van der Waals surface area contributed by atoms with Gasteiger partial charge in [0, 0.05) is 16.8 Å². The van der Waals surface area contributed by atoms with Crippen LogP contribution in [0, 0.1) is 5.92 Å². The van der Waals surface area contributed by atoms with Crippen molar-refractivity contribution in [1.82, 2.24) is 5.32 Å². The number of carboxylic acid groups (broad SMARTS) is 2. The van der Waals surface area contributed by atoms with Crippen molar-refractivity contribution in [2.75, 3.05) is 0 Å². The lowest BCUT2D eigenvalue weighted by molar-refractivity contribution is -0.140. The third-order valence-corrected chi connectivity index (χ3v) is 3.27. The molecule has 3 N–H and O–H groups in total. The molecule has 0 saturated heterocycles. The highest BCUT2D eigenvalue weighted by Gasteiger charge is 2.20. The van der Waals surface area contributed by atoms with Gasteiger partial charge in [0.15, 0.2) is 0 Å². The average Bonchev–Trinajstić information content (AvgIpc) is 2.65. The molecule has 6 heteroatoms. The third-order valence-electron chi connectivity index (χ3n) is 2.33. The van der Waals surface area contributed by atoms with Gasteiger partial charge >= 0.3 is 11.9 Å². The summed E-state index contributed by atoms with van der Waals surface area (Å²) < 4.78 is 0. The van der Waals surface area contributed by atoms with E-state index in [-0.39, 0.29) is 11.5 Å².